The van der Waals surface area contributed by atoms with Gasteiger partial charge in [0.25, 0.3) is 0 Å². The highest BCUT2D eigenvalue weighted by Crippen LogP contribution is 2.28. The summed E-state index contributed by atoms with van der Waals surface area (Å²) in [5.74, 6) is 2.41. The molecule has 2 unspecified atom stereocenters. The van der Waals surface area contributed by atoms with Crippen LogP contribution in [0.4, 0.5) is 0 Å². The number of nitrogens with zero attached hydrogens (tertiary/aromatic N) is 1. The van der Waals surface area contributed by atoms with Gasteiger partial charge in [-0.1, -0.05) is 32.3 Å². The second kappa shape index (κ2) is 6.74. The maximum atomic E-state index is 5.05. The Kier molecular flexibility index (Phi) is 5.00. The average molecular weight is 248 g/mol. The minimum atomic E-state index is 0.680. The van der Waals surface area contributed by atoms with Gasteiger partial charge in [-0.2, -0.15) is 0 Å². The summed E-state index contributed by atoms with van der Waals surface area (Å²) in [7, 11) is 1.64. The fourth-order valence-electron chi connectivity index (χ4n) is 2.73. The number of aromatic nitrogens is 1. The molecule has 2 atom stereocenters. The molecule has 0 aliphatic heterocycles. The van der Waals surface area contributed by atoms with Gasteiger partial charge in [0.15, 0.2) is 0 Å². The molecule has 1 heterocycles. The molecule has 18 heavy (non-hydrogen) atoms. The molecule has 1 aliphatic rings. The SMILES string of the molecule is COc1ccc(CNCC2CCCCC2C)cn1. The highest BCUT2D eigenvalue weighted by molar-refractivity contribution is 5.17. The van der Waals surface area contributed by atoms with Crippen molar-refractivity contribution in [1.82, 2.24) is 10.3 Å². The van der Waals surface area contributed by atoms with E-state index in [-0.39, 0.29) is 0 Å². The van der Waals surface area contributed by atoms with Gasteiger partial charge in [-0.15, -0.1) is 0 Å². The standard InChI is InChI=1S/C15H24N2O/c1-12-5-3-4-6-14(12)11-16-9-13-7-8-15(18-2)17-10-13/h7-8,10,12,14,16H,3-6,9,11H2,1-2H3. The molecular formula is C15H24N2O. The van der Waals surface area contributed by atoms with Crippen LogP contribution in [0.1, 0.15) is 38.2 Å². The molecule has 0 saturated heterocycles. The van der Waals surface area contributed by atoms with Crippen molar-refractivity contribution in [2.75, 3.05) is 13.7 Å². The number of hydrogen-bond donors (Lipinski definition) is 1. The zero-order chi connectivity index (χ0) is 12.8. The third-order valence-electron chi connectivity index (χ3n) is 4.03. The molecule has 0 amide bonds. The molecule has 1 saturated carbocycles. The van der Waals surface area contributed by atoms with Crippen molar-refractivity contribution in [3.05, 3.63) is 23.9 Å². The third kappa shape index (κ3) is 3.70. The molecule has 0 spiro atoms. The second-order valence-electron chi connectivity index (χ2n) is 5.36. The topological polar surface area (TPSA) is 34.1 Å². The Morgan fingerprint density at radius 1 is 1.33 bits per heavy atom. The van der Waals surface area contributed by atoms with Gasteiger partial charge >= 0.3 is 0 Å². The summed E-state index contributed by atoms with van der Waals surface area (Å²) in [6, 6.07) is 3.99. The molecule has 0 radical (unpaired) electrons. The second-order valence-corrected chi connectivity index (χ2v) is 5.36. The summed E-state index contributed by atoms with van der Waals surface area (Å²) in [5, 5.41) is 3.56. The van der Waals surface area contributed by atoms with Crippen LogP contribution in [0.25, 0.3) is 0 Å². The van der Waals surface area contributed by atoms with Crippen LogP contribution < -0.4 is 10.1 Å². The Morgan fingerprint density at radius 2 is 2.17 bits per heavy atom. The Balaban J connectivity index is 1.73. The van der Waals surface area contributed by atoms with Crippen LogP contribution in [0, 0.1) is 11.8 Å². The monoisotopic (exact) mass is 248 g/mol. The van der Waals surface area contributed by atoms with Crippen molar-refractivity contribution in [3.8, 4) is 5.88 Å². The van der Waals surface area contributed by atoms with Crippen LogP contribution in [0.2, 0.25) is 0 Å². The first-order valence-electron chi connectivity index (χ1n) is 6.99. The fraction of sp³-hybridized carbons (Fsp3) is 0.667. The van der Waals surface area contributed by atoms with Crippen LogP contribution >= 0.6 is 0 Å². The first kappa shape index (κ1) is 13.3. The summed E-state index contributed by atoms with van der Waals surface area (Å²) >= 11 is 0. The summed E-state index contributed by atoms with van der Waals surface area (Å²) in [6.45, 7) is 4.42. The Morgan fingerprint density at radius 3 is 2.83 bits per heavy atom. The van der Waals surface area contributed by atoms with Crippen LogP contribution in [-0.4, -0.2) is 18.6 Å². The first-order chi connectivity index (χ1) is 8.79. The summed E-state index contributed by atoms with van der Waals surface area (Å²) in [5.41, 5.74) is 1.22. The smallest absolute Gasteiger partial charge is 0.212 e. The predicted molar refractivity (Wildman–Crippen MR) is 73.6 cm³/mol. The minimum absolute atomic E-state index is 0.680. The lowest BCUT2D eigenvalue weighted by molar-refractivity contribution is 0.247. The molecule has 3 heteroatoms. The van der Waals surface area contributed by atoms with Crippen molar-refractivity contribution in [1.29, 1.82) is 0 Å². The van der Waals surface area contributed by atoms with Crippen molar-refractivity contribution >= 4 is 0 Å². The zero-order valence-corrected chi connectivity index (χ0v) is 11.5. The number of nitrogens with one attached hydrogen (secondary N) is 1. The minimum Gasteiger partial charge on any atom is -0.481 e. The highest BCUT2D eigenvalue weighted by atomic mass is 16.5. The Hall–Kier alpha value is -1.09. The van der Waals surface area contributed by atoms with E-state index in [4.69, 9.17) is 4.74 Å². The Bertz CT molecular complexity index is 350. The van der Waals surface area contributed by atoms with Gasteiger partial charge in [0, 0.05) is 18.8 Å². The fourth-order valence-corrected chi connectivity index (χ4v) is 2.73. The van der Waals surface area contributed by atoms with Crippen molar-refractivity contribution in [2.24, 2.45) is 11.8 Å². The number of rotatable bonds is 5. The van der Waals surface area contributed by atoms with Crippen molar-refractivity contribution in [2.45, 2.75) is 39.2 Å². The summed E-state index contributed by atoms with van der Waals surface area (Å²) < 4.78 is 5.05. The van der Waals surface area contributed by atoms with E-state index in [9.17, 15) is 0 Å². The van der Waals surface area contributed by atoms with E-state index in [1.54, 1.807) is 7.11 Å². The molecule has 3 nitrogen and oxygen atoms in total. The van der Waals surface area contributed by atoms with Gasteiger partial charge in [0.1, 0.15) is 0 Å². The molecule has 1 aliphatic carbocycles. The van der Waals surface area contributed by atoms with Gasteiger partial charge in [-0.05, 0) is 30.4 Å². The number of ether oxygens (including phenoxy) is 1. The van der Waals surface area contributed by atoms with E-state index in [0.717, 1.165) is 24.9 Å². The summed E-state index contributed by atoms with van der Waals surface area (Å²) in [6.07, 6.45) is 7.49. The predicted octanol–water partition coefficient (Wildman–Crippen LogP) is 3.01. The number of hydrogen-bond acceptors (Lipinski definition) is 3. The van der Waals surface area contributed by atoms with Crippen molar-refractivity contribution in [3.63, 3.8) is 0 Å². The van der Waals surface area contributed by atoms with Crippen LogP contribution in [-0.2, 0) is 6.54 Å². The largest absolute Gasteiger partial charge is 0.481 e. The molecule has 1 N–H and O–H groups in total. The quantitative estimate of drug-likeness (QED) is 0.869. The highest BCUT2D eigenvalue weighted by Gasteiger charge is 2.20. The molecule has 0 bridgehead atoms. The number of methoxy groups -OCH3 is 1. The first-order valence-corrected chi connectivity index (χ1v) is 6.99. The van der Waals surface area contributed by atoms with Crippen molar-refractivity contribution < 1.29 is 4.74 Å². The van der Waals surface area contributed by atoms with E-state index in [0.29, 0.717) is 5.88 Å². The van der Waals surface area contributed by atoms with E-state index in [1.807, 2.05) is 12.3 Å². The van der Waals surface area contributed by atoms with E-state index in [2.05, 4.69) is 23.3 Å². The molecule has 100 valence electrons. The molecule has 1 aromatic rings. The summed E-state index contributed by atoms with van der Waals surface area (Å²) in [4.78, 5) is 4.22. The maximum Gasteiger partial charge on any atom is 0.212 e. The lowest BCUT2D eigenvalue weighted by Crippen LogP contribution is -2.29. The third-order valence-corrected chi connectivity index (χ3v) is 4.03. The van der Waals surface area contributed by atoms with Crippen LogP contribution in [0.15, 0.2) is 18.3 Å². The molecular weight excluding hydrogens is 224 g/mol. The van der Waals surface area contributed by atoms with E-state index >= 15 is 0 Å². The lowest BCUT2D eigenvalue weighted by atomic mass is 9.80. The van der Waals surface area contributed by atoms with Gasteiger partial charge in [-0.25, -0.2) is 4.98 Å². The zero-order valence-electron chi connectivity index (χ0n) is 11.5. The van der Waals surface area contributed by atoms with E-state index < -0.39 is 0 Å². The van der Waals surface area contributed by atoms with Gasteiger partial charge < -0.3 is 10.1 Å². The lowest BCUT2D eigenvalue weighted by Gasteiger charge is -2.28. The molecule has 1 aromatic heterocycles. The number of pyridine rings is 1. The van der Waals surface area contributed by atoms with Gasteiger partial charge in [0.05, 0.1) is 7.11 Å². The normalized spacial score (nSPS) is 23.9. The van der Waals surface area contributed by atoms with Crippen LogP contribution in [0.5, 0.6) is 5.88 Å². The average Bonchev–Trinajstić information content (AvgIpc) is 2.42. The van der Waals surface area contributed by atoms with Gasteiger partial charge in [-0.3, -0.25) is 0 Å². The van der Waals surface area contributed by atoms with E-state index in [1.165, 1.54) is 31.2 Å². The van der Waals surface area contributed by atoms with Crippen LogP contribution in [0.3, 0.4) is 0 Å². The Labute approximate surface area is 110 Å². The molecule has 1 fully saturated rings. The maximum absolute atomic E-state index is 5.05. The molecule has 2 rings (SSSR count). The molecule has 0 aromatic carbocycles. The van der Waals surface area contributed by atoms with Gasteiger partial charge in [0.2, 0.25) is 5.88 Å².